The number of carbonyl (C=O) groups excluding carboxylic acids is 1. The minimum Gasteiger partial charge on any atom is -0.506 e. The maximum absolute atomic E-state index is 12.5. The van der Waals surface area contributed by atoms with Crippen LogP contribution in [-0.4, -0.2) is 16.2 Å². The maximum atomic E-state index is 12.5. The SMILES string of the molecule is Cc1noc(C)c1COc1ccccc1C(=O)Nc1ccccc1O. The molecule has 0 saturated heterocycles. The summed E-state index contributed by atoms with van der Waals surface area (Å²) in [7, 11) is 0. The summed E-state index contributed by atoms with van der Waals surface area (Å²) < 4.78 is 10.9. The molecule has 0 spiro atoms. The van der Waals surface area contributed by atoms with Gasteiger partial charge < -0.3 is 19.7 Å². The van der Waals surface area contributed by atoms with E-state index in [0.717, 1.165) is 11.3 Å². The molecule has 0 aliphatic carbocycles. The van der Waals surface area contributed by atoms with Crippen molar-refractivity contribution in [2.24, 2.45) is 0 Å². The molecule has 0 aliphatic heterocycles. The van der Waals surface area contributed by atoms with Gasteiger partial charge in [0.05, 0.1) is 22.5 Å². The van der Waals surface area contributed by atoms with Crippen molar-refractivity contribution in [3.63, 3.8) is 0 Å². The predicted molar refractivity (Wildman–Crippen MR) is 92.8 cm³/mol. The molecule has 1 heterocycles. The van der Waals surface area contributed by atoms with Gasteiger partial charge in [0.1, 0.15) is 23.9 Å². The summed E-state index contributed by atoms with van der Waals surface area (Å²) in [4.78, 5) is 12.5. The molecule has 25 heavy (non-hydrogen) atoms. The molecule has 0 saturated carbocycles. The van der Waals surface area contributed by atoms with Crippen LogP contribution in [0, 0.1) is 13.8 Å². The molecule has 1 aromatic heterocycles. The van der Waals surface area contributed by atoms with Gasteiger partial charge in [-0.05, 0) is 38.1 Å². The fourth-order valence-corrected chi connectivity index (χ4v) is 2.41. The Morgan fingerprint density at radius 1 is 1.16 bits per heavy atom. The Morgan fingerprint density at radius 2 is 1.88 bits per heavy atom. The van der Waals surface area contributed by atoms with E-state index in [9.17, 15) is 9.90 Å². The first-order valence-electron chi connectivity index (χ1n) is 7.79. The third-order valence-electron chi connectivity index (χ3n) is 3.84. The molecule has 3 aromatic rings. The predicted octanol–water partition coefficient (Wildman–Crippen LogP) is 3.83. The molecule has 0 aliphatic rings. The first-order chi connectivity index (χ1) is 12.1. The van der Waals surface area contributed by atoms with Gasteiger partial charge in [0.25, 0.3) is 5.91 Å². The molecule has 0 atom stereocenters. The highest BCUT2D eigenvalue weighted by atomic mass is 16.5. The van der Waals surface area contributed by atoms with Crippen molar-refractivity contribution < 1.29 is 19.2 Å². The van der Waals surface area contributed by atoms with Gasteiger partial charge in [-0.3, -0.25) is 4.79 Å². The van der Waals surface area contributed by atoms with E-state index in [4.69, 9.17) is 9.26 Å². The smallest absolute Gasteiger partial charge is 0.259 e. The summed E-state index contributed by atoms with van der Waals surface area (Å²) in [5, 5.41) is 16.4. The first-order valence-corrected chi connectivity index (χ1v) is 7.79. The highest BCUT2D eigenvalue weighted by molar-refractivity contribution is 6.06. The quantitative estimate of drug-likeness (QED) is 0.691. The van der Waals surface area contributed by atoms with Crippen LogP contribution in [0.4, 0.5) is 5.69 Å². The van der Waals surface area contributed by atoms with E-state index in [2.05, 4.69) is 10.5 Å². The molecular weight excluding hydrogens is 320 g/mol. The number of para-hydroxylation sites is 3. The average Bonchev–Trinajstić information content (AvgIpc) is 2.93. The fraction of sp³-hybridized carbons (Fsp3) is 0.158. The third kappa shape index (κ3) is 3.63. The monoisotopic (exact) mass is 338 g/mol. The Hall–Kier alpha value is -3.28. The summed E-state index contributed by atoms with van der Waals surface area (Å²) in [5.41, 5.74) is 2.33. The summed E-state index contributed by atoms with van der Waals surface area (Å²) in [6, 6.07) is 13.5. The Bertz CT molecular complexity index is 882. The number of ether oxygens (including phenoxy) is 1. The number of aromatic nitrogens is 1. The molecule has 0 fully saturated rings. The van der Waals surface area contributed by atoms with Crippen molar-refractivity contribution in [3.05, 3.63) is 71.1 Å². The molecular formula is C19H18N2O4. The Morgan fingerprint density at radius 3 is 2.60 bits per heavy atom. The topological polar surface area (TPSA) is 84.6 Å². The van der Waals surface area contributed by atoms with Gasteiger partial charge in [-0.25, -0.2) is 0 Å². The van der Waals surface area contributed by atoms with E-state index < -0.39 is 0 Å². The lowest BCUT2D eigenvalue weighted by Crippen LogP contribution is -2.14. The van der Waals surface area contributed by atoms with Crippen LogP contribution in [-0.2, 0) is 6.61 Å². The highest BCUT2D eigenvalue weighted by Gasteiger charge is 2.15. The lowest BCUT2D eigenvalue weighted by molar-refractivity contribution is 0.102. The molecule has 6 nitrogen and oxygen atoms in total. The number of hydrogen-bond acceptors (Lipinski definition) is 5. The number of phenolic OH excluding ortho intramolecular Hbond substituents is 1. The standard InChI is InChI=1S/C19H18N2O4/c1-12-15(13(2)25-21-12)11-24-18-10-6-3-7-14(18)19(23)20-16-8-4-5-9-17(16)22/h3-10,22H,11H2,1-2H3,(H,20,23). The zero-order chi connectivity index (χ0) is 17.8. The number of phenols is 1. The van der Waals surface area contributed by atoms with Crippen molar-refractivity contribution in [2.75, 3.05) is 5.32 Å². The number of anilines is 1. The molecule has 1 amide bonds. The molecule has 2 N–H and O–H groups in total. The van der Waals surface area contributed by atoms with Crippen LogP contribution < -0.4 is 10.1 Å². The van der Waals surface area contributed by atoms with Crippen LogP contribution in [0.5, 0.6) is 11.5 Å². The second-order valence-corrected chi connectivity index (χ2v) is 5.56. The summed E-state index contributed by atoms with van der Waals surface area (Å²) in [5.74, 6) is 0.768. The highest BCUT2D eigenvalue weighted by Crippen LogP contribution is 2.25. The molecule has 0 unspecified atom stereocenters. The number of rotatable bonds is 5. The average molecular weight is 338 g/mol. The van der Waals surface area contributed by atoms with E-state index in [1.165, 1.54) is 6.07 Å². The minimum absolute atomic E-state index is 0.00460. The molecule has 0 bridgehead atoms. The van der Waals surface area contributed by atoms with Gasteiger partial charge >= 0.3 is 0 Å². The second-order valence-electron chi connectivity index (χ2n) is 5.56. The number of nitrogens with zero attached hydrogens (tertiary/aromatic N) is 1. The largest absolute Gasteiger partial charge is 0.506 e. The summed E-state index contributed by atoms with van der Waals surface area (Å²) in [6.07, 6.45) is 0. The lowest BCUT2D eigenvalue weighted by Gasteiger charge is -2.12. The van der Waals surface area contributed by atoms with Gasteiger partial charge in [0, 0.05) is 0 Å². The number of nitrogens with one attached hydrogen (secondary N) is 1. The van der Waals surface area contributed by atoms with Crippen LogP contribution in [0.15, 0.2) is 53.1 Å². The van der Waals surface area contributed by atoms with Gasteiger partial charge in [-0.2, -0.15) is 0 Å². The van der Waals surface area contributed by atoms with Gasteiger partial charge in [0.2, 0.25) is 0 Å². The summed E-state index contributed by atoms with van der Waals surface area (Å²) >= 11 is 0. The van der Waals surface area contributed by atoms with Crippen LogP contribution >= 0.6 is 0 Å². The summed E-state index contributed by atoms with van der Waals surface area (Å²) in [6.45, 7) is 3.91. The zero-order valence-electron chi connectivity index (χ0n) is 13.9. The number of hydrogen-bond donors (Lipinski definition) is 2. The van der Waals surface area contributed by atoms with E-state index in [0.29, 0.717) is 22.8 Å². The van der Waals surface area contributed by atoms with Crippen LogP contribution in [0.1, 0.15) is 27.4 Å². The van der Waals surface area contributed by atoms with E-state index in [-0.39, 0.29) is 18.3 Å². The van der Waals surface area contributed by atoms with Gasteiger partial charge in [0.15, 0.2) is 0 Å². The number of aryl methyl sites for hydroxylation is 2. The van der Waals surface area contributed by atoms with E-state index in [1.54, 1.807) is 42.5 Å². The lowest BCUT2D eigenvalue weighted by atomic mass is 10.1. The van der Waals surface area contributed by atoms with Crippen molar-refractivity contribution in [1.82, 2.24) is 5.16 Å². The van der Waals surface area contributed by atoms with E-state index >= 15 is 0 Å². The maximum Gasteiger partial charge on any atom is 0.259 e. The van der Waals surface area contributed by atoms with Crippen molar-refractivity contribution >= 4 is 11.6 Å². The number of amides is 1. The van der Waals surface area contributed by atoms with Crippen LogP contribution in [0.3, 0.4) is 0 Å². The van der Waals surface area contributed by atoms with Crippen molar-refractivity contribution in [1.29, 1.82) is 0 Å². The van der Waals surface area contributed by atoms with E-state index in [1.807, 2.05) is 13.8 Å². The Kier molecular flexibility index (Phi) is 4.70. The van der Waals surface area contributed by atoms with Crippen LogP contribution in [0.2, 0.25) is 0 Å². The Labute approximate surface area is 145 Å². The van der Waals surface area contributed by atoms with Crippen molar-refractivity contribution in [3.8, 4) is 11.5 Å². The number of benzene rings is 2. The van der Waals surface area contributed by atoms with Crippen LogP contribution in [0.25, 0.3) is 0 Å². The number of carbonyl (C=O) groups is 1. The molecule has 2 aromatic carbocycles. The third-order valence-corrected chi connectivity index (χ3v) is 3.84. The minimum atomic E-state index is -0.365. The van der Waals surface area contributed by atoms with Crippen molar-refractivity contribution in [2.45, 2.75) is 20.5 Å². The molecule has 6 heteroatoms. The Balaban J connectivity index is 1.79. The number of aromatic hydroxyl groups is 1. The normalized spacial score (nSPS) is 10.5. The van der Waals surface area contributed by atoms with Gasteiger partial charge in [-0.1, -0.05) is 29.4 Å². The molecule has 128 valence electrons. The molecule has 0 radical (unpaired) electrons. The molecule has 3 rings (SSSR count). The first kappa shape index (κ1) is 16.6. The fourth-order valence-electron chi connectivity index (χ4n) is 2.41. The zero-order valence-corrected chi connectivity index (χ0v) is 13.9. The second kappa shape index (κ2) is 7.09. The van der Waals surface area contributed by atoms with Gasteiger partial charge in [-0.15, -0.1) is 0 Å².